The van der Waals surface area contributed by atoms with Crippen LogP contribution in [0.25, 0.3) is 6.08 Å². The van der Waals surface area contributed by atoms with Gasteiger partial charge in [0.25, 0.3) is 0 Å². The molecule has 1 aliphatic heterocycles. The van der Waals surface area contributed by atoms with Crippen LogP contribution in [0.5, 0.6) is 0 Å². The summed E-state index contributed by atoms with van der Waals surface area (Å²) in [5, 5.41) is 24.0. The maximum Gasteiger partial charge on any atom is 0.309 e. The molecule has 0 radical (unpaired) electrons. The molecule has 0 unspecified atom stereocenters. The third-order valence-electron chi connectivity index (χ3n) is 6.29. The van der Waals surface area contributed by atoms with Gasteiger partial charge in [-0.05, 0) is 50.7 Å². The number of aliphatic hydroxyl groups is 2. The van der Waals surface area contributed by atoms with Crippen LogP contribution in [0.4, 0.5) is 0 Å². The zero-order valence-electron chi connectivity index (χ0n) is 19.8. The van der Waals surface area contributed by atoms with Gasteiger partial charge in [0.1, 0.15) is 11.9 Å². The highest BCUT2D eigenvalue weighted by Crippen LogP contribution is 2.25. The Morgan fingerprint density at radius 2 is 1.91 bits per heavy atom. The van der Waals surface area contributed by atoms with Crippen molar-refractivity contribution in [3.05, 3.63) is 33.8 Å². The van der Waals surface area contributed by atoms with Crippen molar-refractivity contribution in [3.63, 3.8) is 0 Å². The normalized spacial score (nSPS) is 33.0. The first-order chi connectivity index (χ1) is 15.1. The maximum absolute atomic E-state index is 12.8. The van der Waals surface area contributed by atoms with Crippen LogP contribution in [0.1, 0.15) is 70.5 Å². The van der Waals surface area contributed by atoms with E-state index >= 15 is 0 Å². The topological polar surface area (TPSA) is 96.7 Å². The standard InChI is InChI=1S/C25H37NO5S/c1-15-10-8-6-7-9-11-22(16(2)12-20-14-32-19(5)26-20)31-23(28)13-21(27)17(3)25(30)18(4)24(15)29/h7,9,12,14-15,17-18,21-22,24,27,29H,6,8,10-11,13H2,1-5H3/b9-7-,16-12+/t15-,17-,18-,21+,22-,24-/m1/s1. The fraction of sp³-hybridized carbons (Fsp3) is 0.640. The van der Waals surface area contributed by atoms with E-state index in [1.54, 1.807) is 25.2 Å². The second-order valence-corrected chi connectivity index (χ2v) is 10.1. The average molecular weight is 464 g/mol. The molecule has 0 bridgehead atoms. The van der Waals surface area contributed by atoms with E-state index in [9.17, 15) is 19.8 Å². The summed E-state index contributed by atoms with van der Waals surface area (Å²) >= 11 is 1.56. The van der Waals surface area contributed by atoms with Crippen molar-refractivity contribution in [1.82, 2.24) is 4.98 Å². The van der Waals surface area contributed by atoms with E-state index in [-0.39, 0.29) is 18.1 Å². The smallest absolute Gasteiger partial charge is 0.309 e. The number of carbonyl (C=O) groups is 2. The minimum absolute atomic E-state index is 0.0240. The van der Waals surface area contributed by atoms with E-state index in [1.807, 2.05) is 38.3 Å². The van der Waals surface area contributed by atoms with E-state index < -0.39 is 36.1 Å². The second kappa shape index (κ2) is 12.4. The zero-order valence-corrected chi connectivity index (χ0v) is 20.6. The molecule has 0 saturated heterocycles. The summed E-state index contributed by atoms with van der Waals surface area (Å²) in [6, 6.07) is 0. The van der Waals surface area contributed by atoms with Crippen molar-refractivity contribution in [2.24, 2.45) is 17.8 Å². The molecule has 6 atom stereocenters. The number of allylic oxidation sites excluding steroid dienone is 1. The number of thiazole rings is 1. The molecule has 1 aromatic heterocycles. The number of esters is 1. The Labute approximate surface area is 195 Å². The van der Waals surface area contributed by atoms with Crippen molar-refractivity contribution in [3.8, 4) is 0 Å². The van der Waals surface area contributed by atoms with Gasteiger partial charge in [0, 0.05) is 23.6 Å². The first-order valence-electron chi connectivity index (χ1n) is 11.4. The lowest BCUT2D eigenvalue weighted by atomic mass is 9.81. The molecule has 0 fully saturated rings. The summed E-state index contributed by atoms with van der Waals surface area (Å²) in [6.45, 7) is 9.10. The highest BCUT2D eigenvalue weighted by molar-refractivity contribution is 7.09. The molecule has 0 spiro atoms. The molecule has 178 valence electrons. The van der Waals surface area contributed by atoms with Gasteiger partial charge in [-0.1, -0.05) is 32.9 Å². The lowest BCUT2D eigenvalue weighted by molar-refractivity contribution is -0.151. The van der Waals surface area contributed by atoms with Crippen LogP contribution < -0.4 is 0 Å². The number of ether oxygens (including phenoxy) is 1. The number of cyclic esters (lactones) is 1. The molecule has 0 aliphatic carbocycles. The summed E-state index contributed by atoms with van der Waals surface area (Å²) in [5.41, 5.74) is 1.70. The Morgan fingerprint density at radius 1 is 1.19 bits per heavy atom. The molecule has 0 saturated carbocycles. The van der Waals surface area contributed by atoms with Crippen molar-refractivity contribution in [2.75, 3.05) is 0 Å². The van der Waals surface area contributed by atoms with Gasteiger partial charge in [0.2, 0.25) is 0 Å². The van der Waals surface area contributed by atoms with Crippen LogP contribution in [-0.2, 0) is 14.3 Å². The maximum atomic E-state index is 12.8. The van der Waals surface area contributed by atoms with Crippen LogP contribution in [-0.4, -0.2) is 45.3 Å². The molecule has 7 heteroatoms. The molecule has 0 aromatic carbocycles. The molecule has 6 nitrogen and oxygen atoms in total. The van der Waals surface area contributed by atoms with Gasteiger partial charge in [0.05, 0.1) is 29.3 Å². The summed E-state index contributed by atoms with van der Waals surface area (Å²) in [6.07, 6.45) is 6.41. The molecule has 2 heterocycles. The monoisotopic (exact) mass is 463 g/mol. The van der Waals surface area contributed by atoms with Gasteiger partial charge < -0.3 is 14.9 Å². The SMILES string of the molecule is C/C(=C\c1csc(C)n1)[C@H]1C/C=C\CCC[C@@H](C)[C@@H](O)[C@@H](C)C(=O)[C@H](C)[C@@H](O)CC(=O)O1. The molecule has 2 N–H and O–H groups in total. The van der Waals surface area contributed by atoms with Gasteiger partial charge in [-0.25, -0.2) is 4.98 Å². The van der Waals surface area contributed by atoms with Gasteiger partial charge in [-0.15, -0.1) is 11.3 Å². The van der Waals surface area contributed by atoms with Crippen molar-refractivity contribution >= 4 is 29.2 Å². The third kappa shape index (κ3) is 7.64. The molecule has 32 heavy (non-hydrogen) atoms. The Kier molecular flexibility index (Phi) is 10.3. The highest BCUT2D eigenvalue weighted by Gasteiger charge is 2.34. The van der Waals surface area contributed by atoms with E-state index in [1.165, 1.54) is 0 Å². The second-order valence-electron chi connectivity index (χ2n) is 9.02. The number of ketones is 1. The van der Waals surface area contributed by atoms with Gasteiger partial charge in [-0.2, -0.15) is 0 Å². The Hall–Kier alpha value is -1.83. The molecular weight excluding hydrogens is 426 g/mol. The zero-order chi connectivity index (χ0) is 23.8. The van der Waals surface area contributed by atoms with Crippen LogP contribution in [0.3, 0.4) is 0 Å². The molecule has 1 aromatic rings. The Bertz CT molecular complexity index is 830. The Balaban J connectivity index is 2.21. The molecular formula is C25H37NO5S. The van der Waals surface area contributed by atoms with Crippen LogP contribution in [0.15, 0.2) is 23.1 Å². The number of aromatic nitrogens is 1. The van der Waals surface area contributed by atoms with Crippen LogP contribution in [0.2, 0.25) is 0 Å². The van der Waals surface area contributed by atoms with E-state index in [2.05, 4.69) is 11.1 Å². The van der Waals surface area contributed by atoms with Crippen LogP contribution >= 0.6 is 11.3 Å². The number of nitrogens with zero attached hydrogens (tertiary/aromatic N) is 1. The summed E-state index contributed by atoms with van der Waals surface area (Å²) in [5.74, 6) is -2.17. The molecule has 0 amide bonds. The number of aliphatic hydroxyl groups excluding tert-OH is 2. The van der Waals surface area contributed by atoms with Crippen LogP contribution in [0, 0.1) is 24.7 Å². The quantitative estimate of drug-likeness (QED) is 0.496. The predicted octanol–water partition coefficient (Wildman–Crippen LogP) is 4.49. The summed E-state index contributed by atoms with van der Waals surface area (Å²) in [7, 11) is 0. The van der Waals surface area contributed by atoms with Crippen molar-refractivity contribution < 1.29 is 24.5 Å². The van der Waals surface area contributed by atoms with Gasteiger partial charge >= 0.3 is 5.97 Å². The number of hydrogen-bond acceptors (Lipinski definition) is 7. The minimum Gasteiger partial charge on any atom is -0.457 e. The van der Waals surface area contributed by atoms with E-state index in [0.29, 0.717) is 6.42 Å². The number of Topliss-reactive ketones (excluding diaryl/α,β-unsaturated/α-hetero) is 1. The highest BCUT2D eigenvalue weighted by atomic mass is 32.1. The van der Waals surface area contributed by atoms with Gasteiger partial charge in [0.15, 0.2) is 0 Å². The number of hydrogen-bond donors (Lipinski definition) is 2. The number of aryl methyl sites for hydroxylation is 1. The van der Waals surface area contributed by atoms with E-state index in [0.717, 1.165) is 35.5 Å². The minimum atomic E-state index is -1.16. The lowest BCUT2D eigenvalue weighted by Gasteiger charge is -2.28. The summed E-state index contributed by atoms with van der Waals surface area (Å²) in [4.78, 5) is 29.8. The number of carbonyl (C=O) groups excluding carboxylic acids is 2. The van der Waals surface area contributed by atoms with Crippen molar-refractivity contribution in [2.45, 2.75) is 85.0 Å². The van der Waals surface area contributed by atoms with Crippen molar-refractivity contribution in [1.29, 1.82) is 0 Å². The Morgan fingerprint density at radius 3 is 2.56 bits per heavy atom. The fourth-order valence-corrected chi connectivity index (χ4v) is 4.56. The predicted molar refractivity (Wildman–Crippen MR) is 127 cm³/mol. The first kappa shape index (κ1) is 26.4. The molecule has 2 rings (SSSR count). The largest absolute Gasteiger partial charge is 0.457 e. The summed E-state index contributed by atoms with van der Waals surface area (Å²) < 4.78 is 5.71. The lowest BCUT2D eigenvalue weighted by Crippen LogP contribution is -2.39. The van der Waals surface area contributed by atoms with Gasteiger partial charge in [-0.3, -0.25) is 9.59 Å². The molecule has 1 aliphatic rings. The third-order valence-corrected chi connectivity index (χ3v) is 7.08. The first-order valence-corrected chi connectivity index (χ1v) is 12.3. The fourth-order valence-electron chi connectivity index (χ4n) is 3.99. The van der Waals surface area contributed by atoms with E-state index in [4.69, 9.17) is 4.74 Å². The average Bonchev–Trinajstić information content (AvgIpc) is 3.16. The number of rotatable bonds is 2.